The van der Waals surface area contributed by atoms with E-state index in [1.165, 1.54) is 0 Å². The van der Waals surface area contributed by atoms with Crippen LogP contribution in [0.1, 0.15) is 40.5 Å². The highest BCUT2D eigenvalue weighted by Crippen LogP contribution is 2.44. The van der Waals surface area contributed by atoms with Gasteiger partial charge in [-0.25, -0.2) is 5.20 Å². The summed E-state index contributed by atoms with van der Waals surface area (Å²) >= 11 is 5.32. The van der Waals surface area contributed by atoms with E-state index in [0.717, 1.165) is 12.8 Å². The van der Waals surface area contributed by atoms with Crippen LogP contribution in [0.5, 0.6) is 0 Å². The van der Waals surface area contributed by atoms with E-state index in [4.69, 9.17) is 26.1 Å². The molecule has 0 saturated heterocycles. The average Bonchev–Trinajstić information content (AvgIpc) is 2.39. The number of hydrogen-bond acceptors (Lipinski definition) is 6. The van der Waals surface area contributed by atoms with Crippen LogP contribution in [0.3, 0.4) is 0 Å². The van der Waals surface area contributed by atoms with Gasteiger partial charge in [-0.3, -0.25) is 0 Å². The van der Waals surface area contributed by atoms with E-state index in [9.17, 15) is 0 Å². The molecule has 0 fully saturated rings. The molecule has 0 heterocycles. The number of oxime groups is 1. The maximum Gasteiger partial charge on any atom is 0.303 e. The van der Waals surface area contributed by atoms with Crippen molar-refractivity contribution in [1.29, 1.82) is 0 Å². The van der Waals surface area contributed by atoms with Gasteiger partial charge in [0.05, 0.1) is 24.6 Å². The van der Waals surface area contributed by atoms with Crippen LogP contribution in [0.2, 0.25) is 0 Å². The van der Waals surface area contributed by atoms with Gasteiger partial charge in [0.2, 0.25) is 0 Å². The van der Waals surface area contributed by atoms with Gasteiger partial charge in [-0.15, -0.1) is 0 Å². The highest BCUT2D eigenvalue weighted by molar-refractivity contribution is 8.08. The van der Waals surface area contributed by atoms with Gasteiger partial charge >= 0.3 is 6.64 Å². The van der Waals surface area contributed by atoms with Crippen molar-refractivity contribution in [2.24, 2.45) is 10.3 Å². The normalized spacial score (nSPS) is 13.8. The van der Waals surface area contributed by atoms with Gasteiger partial charge in [0, 0.05) is 0 Å². The number of rotatable bonds is 9. The zero-order valence-electron chi connectivity index (χ0n) is 11.3. The highest BCUT2D eigenvalue weighted by Gasteiger charge is 2.18. The van der Waals surface area contributed by atoms with Crippen LogP contribution >= 0.6 is 6.64 Å². The fourth-order valence-electron chi connectivity index (χ4n) is 0.807. The largest absolute Gasteiger partial charge is 0.411 e. The maximum absolute atomic E-state index is 8.62. The molecule has 6 nitrogen and oxygen atoms in total. The molecule has 0 aromatic carbocycles. The predicted molar refractivity (Wildman–Crippen MR) is 77.9 cm³/mol. The monoisotopic (exact) mass is 295 g/mol. The van der Waals surface area contributed by atoms with Gasteiger partial charge in [0.25, 0.3) is 0 Å². The van der Waals surface area contributed by atoms with E-state index in [0.29, 0.717) is 24.6 Å². The molecule has 0 amide bonds. The SMILES string of the molecule is CCCOP(=S)(NN=C(C)C(C)=NO)OCCC. The lowest BCUT2D eigenvalue weighted by atomic mass is 10.3. The Balaban J connectivity index is 4.63. The minimum Gasteiger partial charge on any atom is -0.411 e. The molecule has 2 N–H and O–H groups in total. The van der Waals surface area contributed by atoms with Crippen molar-refractivity contribution < 1.29 is 14.3 Å². The van der Waals surface area contributed by atoms with Gasteiger partial charge < -0.3 is 14.3 Å². The van der Waals surface area contributed by atoms with E-state index < -0.39 is 6.64 Å². The first kappa shape index (κ1) is 17.5. The second-order valence-corrected chi connectivity index (χ2v) is 6.80. The third kappa shape index (κ3) is 7.06. The number of nitrogens with one attached hydrogen (secondary N) is 1. The van der Waals surface area contributed by atoms with Crippen LogP contribution in [0.25, 0.3) is 0 Å². The molecule has 106 valence electrons. The Morgan fingerprint density at radius 3 is 2.06 bits per heavy atom. The van der Waals surface area contributed by atoms with E-state index in [-0.39, 0.29) is 0 Å². The quantitative estimate of drug-likeness (QED) is 0.296. The lowest BCUT2D eigenvalue weighted by molar-refractivity contribution is 0.239. The van der Waals surface area contributed by atoms with Crippen molar-refractivity contribution in [3.63, 3.8) is 0 Å². The van der Waals surface area contributed by atoms with Gasteiger partial charge in [0.15, 0.2) is 0 Å². The van der Waals surface area contributed by atoms with Crippen molar-refractivity contribution in [1.82, 2.24) is 5.20 Å². The molecule has 0 unspecified atom stereocenters. The molecule has 0 saturated carbocycles. The molecule has 0 aliphatic rings. The molecule has 0 atom stereocenters. The summed E-state index contributed by atoms with van der Waals surface area (Å²) in [6.07, 6.45) is 1.71. The van der Waals surface area contributed by atoms with Crippen LogP contribution in [0, 0.1) is 0 Å². The van der Waals surface area contributed by atoms with E-state index >= 15 is 0 Å². The molecule has 18 heavy (non-hydrogen) atoms. The van der Waals surface area contributed by atoms with Crippen LogP contribution in [-0.4, -0.2) is 29.8 Å². The summed E-state index contributed by atoms with van der Waals surface area (Å²) in [7, 11) is 0. The summed E-state index contributed by atoms with van der Waals surface area (Å²) in [4.78, 5) is 0. The van der Waals surface area contributed by atoms with E-state index in [2.05, 4.69) is 15.5 Å². The topological polar surface area (TPSA) is 75.4 Å². The minimum absolute atomic E-state index is 0.412. The van der Waals surface area contributed by atoms with Crippen LogP contribution in [0.15, 0.2) is 10.3 Å². The molecule has 0 aromatic heterocycles. The number of hydrogen-bond donors (Lipinski definition) is 2. The molecule has 8 heteroatoms. The molecule has 0 radical (unpaired) electrons. The summed E-state index contributed by atoms with van der Waals surface area (Å²) in [6.45, 7) is 5.80. The number of nitrogens with zero attached hydrogens (tertiary/aromatic N) is 2. The van der Waals surface area contributed by atoms with Crippen molar-refractivity contribution >= 4 is 29.9 Å². The average molecular weight is 295 g/mol. The summed E-state index contributed by atoms with van der Waals surface area (Å²) in [5.41, 5.74) is 0.946. The smallest absolute Gasteiger partial charge is 0.303 e. The fourth-order valence-corrected chi connectivity index (χ4v) is 2.69. The summed E-state index contributed by atoms with van der Waals surface area (Å²) in [6, 6.07) is 0. The maximum atomic E-state index is 8.62. The number of hydrazone groups is 1. The van der Waals surface area contributed by atoms with Crippen LogP contribution in [-0.2, 0) is 20.9 Å². The van der Waals surface area contributed by atoms with Crippen LogP contribution < -0.4 is 5.20 Å². The first-order chi connectivity index (χ1) is 8.49. The molecule has 0 aliphatic carbocycles. The molecular formula is C10H22N3O3PS. The van der Waals surface area contributed by atoms with E-state index in [1.807, 2.05) is 13.8 Å². The third-order valence-electron chi connectivity index (χ3n) is 1.94. The van der Waals surface area contributed by atoms with Gasteiger partial charge in [-0.05, 0) is 38.5 Å². The van der Waals surface area contributed by atoms with Gasteiger partial charge in [0.1, 0.15) is 0 Å². The first-order valence-electron chi connectivity index (χ1n) is 5.88. The summed E-state index contributed by atoms with van der Waals surface area (Å²) in [5.74, 6) is 0. The van der Waals surface area contributed by atoms with Crippen molar-refractivity contribution in [3.8, 4) is 0 Å². The molecule has 0 aromatic rings. The minimum atomic E-state index is -2.60. The predicted octanol–water partition coefficient (Wildman–Crippen LogP) is 2.88. The Morgan fingerprint density at radius 2 is 1.67 bits per heavy atom. The molecule has 0 aliphatic heterocycles. The van der Waals surface area contributed by atoms with Crippen molar-refractivity contribution in [2.75, 3.05) is 13.2 Å². The van der Waals surface area contributed by atoms with Crippen LogP contribution in [0.4, 0.5) is 0 Å². The highest BCUT2D eigenvalue weighted by atomic mass is 32.5. The van der Waals surface area contributed by atoms with Gasteiger partial charge in [-0.1, -0.05) is 19.0 Å². The first-order valence-corrected chi connectivity index (χ1v) is 8.52. The lowest BCUT2D eigenvalue weighted by Gasteiger charge is -2.21. The summed E-state index contributed by atoms with van der Waals surface area (Å²) in [5, 5.41) is 18.5. The molecule has 0 spiro atoms. The Hall–Kier alpha value is -0.490. The Labute approximate surface area is 114 Å². The molecule has 0 rings (SSSR count). The lowest BCUT2D eigenvalue weighted by Crippen LogP contribution is -2.15. The summed E-state index contributed by atoms with van der Waals surface area (Å²) < 4.78 is 11.1. The molecule has 0 bridgehead atoms. The zero-order valence-corrected chi connectivity index (χ0v) is 13.1. The Bertz CT molecular complexity index is 335. The van der Waals surface area contributed by atoms with Crippen molar-refractivity contribution in [2.45, 2.75) is 40.5 Å². The second-order valence-electron chi connectivity index (χ2n) is 3.65. The van der Waals surface area contributed by atoms with Crippen molar-refractivity contribution in [3.05, 3.63) is 0 Å². The zero-order chi connectivity index (χ0) is 14.0. The van der Waals surface area contributed by atoms with E-state index in [1.54, 1.807) is 13.8 Å². The Morgan fingerprint density at radius 1 is 1.17 bits per heavy atom. The third-order valence-corrected chi connectivity index (χ3v) is 4.21. The second kappa shape index (κ2) is 9.44. The Kier molecular flexibility index (Phi) is 9.18. The fraction of sp³-hybridized carbons (Fsp3) is 0.800. The van der Waals surface area contributed by atoms with Gasteiger partial charge in [-0.2, -0.15) is 5.10 Å². The molecular weight excluding hydrogens is 273 g/mol. The standard InChI is InChI=1S/C10H22N3O3PS/c1-5-7-15-17(18,16-8-6-2)13-11-9(3)10(4)12-14/h14H,5-8H2,1-4H3,(H,13,18).